The number of oxazole rings is 1. The van der Waals surface area contributed by atoms with Crippen LogP contribution in [0, 0.1) is 13.8 Å². The van der Waals surface area contributed by atoms with Gasteiger partial charge in [0, 0.05) is 13.5 Å². The van der Waals surface area contributed by atoms with Crippen molar-refractivity contribution >= 4 is 5.91 Å². The number of aliphatic hydroxyl groups excluding tert-OH is 1. The van der Waals surface area contributed by atoms with Gasteiger partial charge in [-0.2, -0.15) is 8.78 Å². The van der Waals surface area contributed by atoms with E-state index in [9.17, 15) is 18.7 Å². The maximum Gasteiger partial charge on any atom is 0.387 e. The van der Waals surface area contributed by atoms with Crippen molar-refractivity contribution in [1.29, 1.82) is 0 Å². The van der Waals surface area contributed by atoms with Crippen LogP contribution in [0.3, 0.4) is 0 Å². The average molecular weight is 326 g/mol. The van der Waals surface area contributed by atoms with E-state index < -0.39 is 18.6 Å². The normalized spacial score (nSPS) is 12.3. The van der Waals surface area contributed by atoms with Gasteiger partial charge in [0.2, 0.25) is 5.76 Å². The molecular formula is C15H16F2N2O4. The highest BCUT2D eigenvalue weighted by Crippen LogP contribution is 2.19. The molecule has 0 aliphatic heterocycles. The maximum atomic E-state index is 12.1. The topological polar surface area (TPSA) is 84.6 Å². The molecule has 23 heavy (non-hydrogen) atoms. The van der Waals surface area contributed by atoms with Crippen molar-refractivity contribution in [1.82, 2.24) is 10.3 Å². The molecule has 0 saturated carbocycles. The molecule has 1 atom stereocenters. The Balaban J connectivity index is 1.92. The van der Waals surface area contributed by atoms with Crippen molar-refractivity contribution in [3.05, 3.63) is 47.2 Å². The Morgan fingerprint density at radius 3 is 2.52 bits per heavy atom. The van der Waals surface area contributed by atoms with E-state index in [0.29, 0.717) is 17.1 Å². The summed E-state index contributed by atoms with van der Waals surface area (Å²) in [6.45, 7) is 0.303. The smallest absolute Gasteiger partial charge is 0.387 e. The molecule has 1 heterocycles. The summed E-state index contributed by atoms with van der Waals surface area (Å²) in [7, 11) is 0. The average Bonchev–Trinajstić information content (AvgIpc) is 2.83. The number of aliphatic hydroxyl groups is 1. The van der Waals surface area contributed by atoms with Crippen LogP contribution in [0.2, 0.25) is 0 Å². The molecule has 0 fully saturated rings. The van der Waals surface area contributed by atoms with E-state index in [1.807, 2.05) is 0 Å². The first kappa shape index (κ1) is 16.9. The van der Waals surface area contributed by atoms with Gasteiger partial charge in [-0.05, 0) is 24.6 Å². The molecule has 8 heteroatoms. The number of rotatable bonds is 6. The van der Waals surface area contributed by atoms with Gasteiger partial charge in [-0.25, -0.2) is 4.98 Å². The highest BCUT2D eigenvalue weighted by Gasteiger charge is 2.17. The van der Waals surface area contributed by atoms with Gasteiger partial charge in [-0.15, -0.1) is 0 Å². The van der Waals surface area contributed by atoms with Gasteiger partial charge in [0.05, 0.1) is 11.8 Å². The number of hydrogen-bond acceptors (Lipinski definition) is 5. The van der Waals surface area contributed by atoms with E-state index >= 15 is 0 Å². The molecule has 0 saturated heterocycles. The summed E-state index contributed by atoms with van der Waals surface area (Å²) in [6.07, 6.45) is -0.996. The second kappa shape index (κ2) is 7.19. The molecule has 0 unspecified atom stereocenters. The molecule has 0 bridgehead atoms. The third kappa shape index (κ3) is 4.49. The van der Waals surface area contributed by atoms with Gasteiger partial charge < -0.3 is 19.6 Å². The lowest BCUT2D eigenvalue weighted by Crippen LogP contribution is -2.28. The minimum absolute atomic E-state index is 0.00672. The molecule has 1 aromatic heterocycles. The lowest BCUT2D eigenvalue weighted by molar-refractivity contribution is -0.0498. The van der Waals surface area contributed by atoms with Crippen LogP contribution >= 0.6 is 0 Å². The minimum atomic E-state index is -2.90. The Bertz CT molecular complexity index is 671. The zero-order valence-electron chi connectivity index (χ0n) is 12.5. The number of carbonyl (C=O) groups excluding carboxylic acids is 1. The fourth-order valence-electron chi connectivity index (χ4n) is 2.00. The van der Waals surface area contributed by atoms with Crippen LogP contribution in [0.1, 0.15) is 33.8 Å². The first-order chi connectivity index (χ1) is 10.9. The molecule has 2 rings (SSSR count). The number of benzene rings is 1. The molecule has 2 aromatic rings. The van der Waals surface area contributed by atoms with Crippen LogP contribution in [-0.2, 0) is 0 Å². The van der Waals surface area contributed by atoms with Gasteiger partial charge in [0.15, 0.2) is 5.89 Å². The lowest BCUT2D eigenvalue weighted by Gasteiger charge is -2.12. The second-order valence-corrected chi connectivity index (χ2v) is 4.82. The number of aryl methyl sites for hydroxylation is 2. The molecule has 0 aliphatic carbocycles. The molecule has 0 radical (unpaired) electrons. The van der Waals surface area contributed by atoms with Gasteiger partial charge in [0.25, 0.3) is 5.91 Å². The second-order valence-electron chi connectivity index (χ2n) is 4.82. The van der Waals surface area contributed by atoms with Crippen LogP contribution in [0.4, 0.5) is 8.78 Å². The highest BCUT2D eigenvalue weighted by atomic mass is 19.3. The van der Waals surface area contributed by atoms with Crippen LogP contribution in [0.25, 0.3) is 0 Å². The molecule has 0 spiro atoms. The van der Waals surface area contributed by atoms with Crippen LogP contribution in [0.5, 0.6) is 5.75 Å². The van der Waals surface area contributed by atoms with E-state index in [2.05, 4.69) is 15.0 Å². The first-order valence-corrected chi connectivity index (χ1v) is 6.82. The number of nitrogens with one attached hydrogen (secondary N) is 1. The third-order valence-electron chi connectivity index (χ3n) is 3.06. The standard InChI is InChI=1S/C15H16F2N2O4/c1-8-13(22-9(2)19-8)14(21)18-7-12(20)10-3-5-11(6-4-10)23-15(16)17/h3-6,12,15,20H,7H2,1-2H3,(H,18,21)/t12-/m0/s1. The van der Waals surface area contributed by atoms with Crippen LogP contribution in [-0.4, -0.2) is 29.2 Å². The SMILES string of the molecule is Cc1nc(C)c(C(=O)NC[C@H](O)c2ccc(OC(F)F)cc2)o1. The number of alkyl halides is 2. The molecule has 6 nitrogen and oxygen atoms in total. The van der Waals surface area contributed by atoms with Gasteiger partial charge in [-0.1, -0.05) is 12.1 Å². The van der Waals surface area contributed by atoms with Crippen molar-refractivity contribution in [2.75, 3.05) is 6.54 Å². The highest BCUT2D eigenvalue weighted by molar-refractivity contribution is 5.92. The summed E-state index contributed by atoms with van der Waals surface area (Å²) in [6, 6.07) is 5.52. The van der Waals surface area contributed by atoms with Crippen molar-refractivity contribution in [2.45, 2.75) is 26.6 Å². The summed E-state index contributed by atoms with van der Waals surface area (Å²) >= 11 is 0. The van der Waals surface area contributed by atoms with E-state index in [1.54, 1.807) is 13.8 Å². The fraction of sp³-hybridized carbons (Fsp3) is 0.333. The van der Waals surface area contributed by atoms with Crippen LogP contribution in [0.15, 0.2) is 28.7 Å². The molecule has 0 aliphatic rings. The van der Waals surface area contributed by atoms with E-state index in [-0.39, 0.29) is 18.1 Å². The zero-order valence-corrected chi connectivity index (χ0v) is 12.5. The van der Waals surface area contributed by atoms with Gasteiger partial charge in [-0.3, -0.25) is 4.79 Å². The first-order valence-electron chi connectivity index (χ1n) is 6.82. The summed E-state index contributed by atoms with van der Waals surface area (Å²) in [5.74, 6) is -0.0225. The number of aromatic nitrogens is 1. The third-order valence-corrected chi connectivity index (χ3v) is 3.06. The number of carbonyl (C=O) groups is 1. The lowest BCUT2D eigenvalue weighted by atomic mass is 10.1. The van der Waals surface area contributed by atoms with Crippen LogP contribution < -0.4 is 10.1 Å². The zero-order chi connectivity index (χ0) is 17.0. The van der Waals surface area contributed by atoms with E-state index in [0.717, 1.165) is 0 Å². The Kier molecular flexibility index (Phi) is 5.28. The number of halogens is 2. The maximum absolute atomic E-state index is 12.1. The quantitative estimate of drug-likeness (QED) is 0.851. The monoisotopic (exact) mass is 326 g/mol. The number of nitrogens with zero attached hydrogens (tertiary/aromatic N) is 1. The van der Waals surface area contributed by atoms with Crippen molar-refractivity contribution in [2.24, 2.45) is 0 Å². The molecule has 124 valence electrons. The van der Waals surface area contributed by atoms with Crippen molar-refractivity contribution < 1.29 is 27.8 Å². The predicted octanol–water partition coefficient (Wildman–Crippen LogP) is 2.36. The predicted molar refractivity (Wildman–Crippen MR) is 76.3 cm³/mol. The Morgan fingerprint density at radius 2 is 2.00 bits per heavy atom. The summed E-state index contributed by atoms with van der Waals surface area (Å²) in [5, 5.41) is 12.5. The summed E-state index contributed by atoms with van der Waals surface area (Å²) < 4.78 is 33.5. The number of hydrogen-bond donors (Lipinski definition) is 2. The molecular weight excluding hydrogens is 310 g/mol. The minimum Gasteiger partial charge on any atom is -0.436 e. The Morgan fingerprint density at radius 1 is 1.35 bits per heavy atom. The fourth-order valence-corrected chi connectivity index (χ4v) is 2.00. The van der Waals surface area contributed by atoms with Crippen molar-refractivity contribution in [3.63, 3.8) is 0 Å². The van der Waals surface area contributed by atoms with Gasteiger partial charge in [0.1, 0.15) is 5.75 Å². The summed E-state index contributed by atoms with van der Waals surface area (Å²) in [4.78, 5) is 15.9. The summed E-state index contributed by atoms with van der Waals surface area (Å²) in [5.41, 5.74) is 0.917. The van der Waals surface area contributed by atoms with E-state index in [4.69, 9.17) is 4.42 Å². The molecule has 1 amide bonds. The van der Waals surface area contributed by atoms with E-state index in [1.165, 1.54) is 24.3 Å². The van der Waals surface area contributed by atoms with Gasteiger partial charge >= 0.3 is 6.61 Å². The molecule has 1 aromatic carbocycles. The van der Waals surface area contributed by atoms with Crippen molar-refractivity contribution in [3.8, 4) is 5.75 Å². The Labute approximate surface area is 131 Å². The molecule has 2 N–H and O–H groups in total. The Hall–Kier alpha value is -2.48. The largest absolute Gasteiger partial charge is 0.436 e. The number of amides is 1. The number of ether oxygens (including phenoxy) is 1.